The van der Waals surface area contributed by atoms with Gasteiger partial charge in [0, 0.05) is 43.0 Å². The Kier molecular flexibility index (Phi) is 5.24. The predicted molar refractivity (Wildman–Crippen MR) is 111 cm³/mol. The lowest BCUT2D eigenvalue weighted by Crippen LogP contribution is -2.47. The van der Waals surface area contributed by atoms with Gasteiger partial charge in [-0.1, -0.05) is 0 Å². The highest BCUT2D eigenvalue weighted by Crippen LogP contribution is 2.40. The molecule has 1 saturated carbocycles. The molecule has 2 bridgehead atoms. The van der Waals surface area contributed by atoms with Crippen molar-refractivity contribution in [2.24, 2.45) is 5.92 Å². The van der Waals surface area contributed by atoms with Crippen molar-refractivity contribution >= 4 is 5.91 Å². The number of ether oxygens (including phenoxy) is 1. The van der Waals surface area contributed by atoms with E-state index in [0.29, 0.717) is 29.5 Å². The van der Waals surface area contributed by atoms with Crippen LogP contribution in [-0.2, 0) is 0 Å². The number of aryl methyl sites for hydroxylation is 1. The summed E-state index contributed by atoms with van der Waals surface area (Å²) < 4.78 is 31.5. The van der Waals surface area contributed by atoms with Gasteiger partial charge in [-0.25, -0.2) is 23.7 Å². The number of amides is 1. The molecular weight excluding hydrogens is 416 g/mol. The van der Waals surface area contributed by atoms with Gasteiger partial charge in [-0.2, -0.15) is 0 Å². The second-order valence-electron chi connectivity index (χ2n) is 8.23. The minimum atomic E-state index is -2.57. The van der Waals surface area contributed by atoms with Gasteiger partial charge in [0.1, 0.15) is 11.8 Å². The first kappa shape index (κ1) is 20.4. The number of hydrogen-bond donors (Lipinski definition) is 0. The predicted octanol–water partition coefficient (Wildman–Crippen LogP) is 3.86. The molecule has 1 amide bonds. The molecule has 1 aliphatic heterocycles. The fourth-order valence-corrected chi connectivity index (χ4v) is 4.56. The van der Waals surface area contributed by atoms with Crippen molar-refractivity contribution < 1.29 is 18.3 Å². The molecule has 7 nitrogen and oxygen atoms in total. The van der Waals surface area contributed by atoms with Crippen LogP contribution in [0.2, 0.25) is 0 Å². The topological polar surface area (TPSA) is 81.1 Å². The number of halogens is 2. The number of carbonyl (C=O) groups is 1. The van der Waals surface area contributed by atoms with Crippen molar-refractivity contribution in [3.05, 3.63) is 65.9 Å². The van der Waals surface area contributed by atoms with Gasteiger partial charge in [-0.3, -0.25) is 9.78 Å². The lowest BCUT2D eigenvalue weighted by Gasteiger charge is -2.33. The molecule has 9 heteroatoms. The van der Waals surface area contributed by atoms with Crippen LogP contribution in [0.5, 0.6) is 5.88 Å². The average molecular weight is 437 g/mol. The van der Waals surface area contributed by atoms with Gasteiger partial charge in [-0.15, -0.1) is 0 Å². The molecule has 0 N–H and O–H groups in total. The summed E-state index contributed by atoms with van der Waals surface area (Å²) in [5, 5.41) is 0. The standard InChI is InChI=1S/C23H21F2N5O2/c1-13-7-16(22-26-5-2-6-27-22)20(29-10-13)23(31)30-12-14-8-17(30)18(9-14)32-19-4-3-15(11-28-19)21(24)25/h2-7,10-11,14,17-18,21H,8-9,12H2,1H3/t14-,17+,18-/m1/s1. The minimum Gasteiger partial charge on any atom is -0.472 e. The van der Waals surface area contributed by atoms with E-state index in [-0.39, 0.29) is 29.5 Å². The highest BCUT2D eigenvalue weighted by atomic mass is 19.3. The fourth-order valence-electron chi connectivity index (χ4n) is 4.56. The van der Waals surface area contributed by atoms with Crippen LogP contribution in [0, 0.1) is 12.8 Å². The van der Waals surface area contributed by atoms with E-state index in [1.54, 1.807) is 29.6 Å². The molecule has 4 heterocycles. The van der Waals surface area contributed by atoms with E-state index in [0.717, 1.165) is 24.6 Å². The van der Waals surface area contributed by atoms with Crippen LogP contribution in [0.1, 0.15) is 40.9 Å². The Bertz CT molecular complexity index is 1130. The zero-order valence-corrected chi connectivity index (χ0v) is 17.4. The van der Waals surface area contributed by atoms with E-state index in [4.69, 9.17) is 4.74 Å². The van der Waals surface area contributed by atoms with Gasteiger partial charge in [-0.05, 0) is 49.4 Å². The number of nitrogens with zero attached hydrogens (tertiary/aromatic N) is 5. The first-order chi connectivity index (χ1) is 15.5. The number of fused-ring (bicyclic) bond motifs is 2. The third-order valence-electron chi connectivity index (χ3n) is 6.00. The molecule has 3 aromatic heterocycles. The number of piperidine rings is 1. The molecule has 2 aliphatic rings. The summed E-state index contributed by atoms with van der Waals surface area (Å²) in [5.74, 6) is 0.865. The molecule has 0 unspecified atom stereocenters. The minimum absolute atomic E-state index is 0.128. The van der Waals surface area contributed by atoms with Crippen molar-refractivity contribution in [3.8, 4) is 17.3 Å². The van der Waals surface area contributed by atoms with E-state index in [1.807, 2.05) is 13.0 Å². The fraction of sp³-hybridized carbons (Fsp3) is 0.348. The Labute approximate surface area is 183 Å². The van der Waals surface area contributed by atoms with Crippen molar-refractivity contribution in [2.75, 3.05) is 6.54 Å². The van der Waals surface area contributed by atoms with Gasteiger partial charge >= 0.3 is 0 Å². The summed E-state index contributed by atoms with van der Waals surface area (Å²) in [6.45, 7) is 2.54. The molecular formula is C23H21F2N5O2. The highest BCUT2D eigenvalue weighted by Gasteiger charge is 2.49. The molecule has 164 valence electrons. The van der Waals surface area contributed by atoms with Crippen molar-refractivity contribution in [3.63, 3.8) is 0 Å². The lowest BCUT2D eigenvalue weighted by molar-refractivity contribution is 0.0461. The maximum atomic E-state index is 13.5. The first-order valence-electron chi connectivity index (χ1n) is 10.5. The van der Waals surface area contributed by atoms with Gasteiger partial charge in [0.2, 0.25) is 5.88 Å². The maximum absolute atomic E-state index is 13.5. The largest absolute Gasteiger partial charge is 0.472 e. The smallest absolute Gasteiger partial charge is 0.273 e. The average Bonchev–Trinajstić information content (AvgIpc) is 3.40. The quantitative estimate of drug-likeness (QED) is 0.603. The van der Waals surface area contributed by atoms with Gasteiger partial charge in [0.15, 0.2) is 5.82 Å². The molecule has 1 aliphatic carbocycles. The lowest BCUT2D eigenvalue weighted by atomic mass is 10.1. The van der Waals surface area contributed by atoms with Crippen molar-refractivity contribution in [1.29, 1.82) is 0 Å². The number of likely N-dealkylation sites (tertiary alicyclic amines) is 1. The molecule has 5 rings (SSSR count). The Morgan fingerprint density at radius 1 is 1.12 bits per heavy atom. The van der Waals surface area contributed by atoms with Crippen LogP contribution in [0.3, 0.4) is 0 Å². The Hall–Kier alpha value is -3.49. The number of pyridine rings is 2. The van der Waals surface area contributed by atoms with Gasteiger partial charge in [0.05, 0.1) is 11.6 Å². The summed E-state index contributed by atoms with van der Waals surface area (Å²) in [5.41, 5.74) is 1.67. The maximum Gasteiger partial charge on any atom is 0.273 e. The molecule has 2 fully saturated rings. The third kappa shape index (κ3) is 3.79. The summed E-state index contributed by atoms with van der Waals surface area (Å²) in [6.07, 6.45) is 4.85. The summed E-state index contributed by atoms with van der Waals surface area (Å²) in [6, 6.07) is 6.22. The van der Waals surface area contributed by atoms with Gasteiger partial charge < -0.3 is 9.64 Å². The summed E-state index contributed by atoms with van der Waals surface area (Å²) >= 11 is 0. The van der Waals surface area contributed by atoms with Crippen molar-refractivity contribution in [1.82, 2.24) is 24.8 Å². The number of rotatable bonds is 5. The van der Waals surface area contributed by atoms with Crippen LogP contribution < -0.4 is 4.74 Å². The Balaban J connectivity index is 1.38. The van der Waals surface area contributed by atoms with E-state index in [2.05, 4.69) is 19.9 Å². The number of aromatic nitrogens is 4. The molecule has 3 aromatic rings. The second-order valence-corrected chi connectivity index (χ2v) is 8.23. The number of hydrogen-bond acceptors (Lipinski definition) is 6. The molecule has 3 atom stereocenters. The Morgan fingerprint density at radius 2 is 1.94 bits per heavy atom. The van der Waals surface area contributed by atoms with Crippen molar-refractivity contribution in [2.45, 2.75) is 38.3 Å². The van der Waals surface area contributed by atoms with Crippen LogP contribution in [0.25, 0.3) is 11.4 Å². The normalized spacial score (nSPS) is 21.9. The monoisotopic (exact) mass is 437 g/mol. The molecule has 0 spiro atoms. The highest BCUT2D eigenvalue weighted by molar-refractivity contribution is 5.98. The van der Waals surface area contributed by atoms with Crippen LogP contribution in [0.15, 0.2) is 49.1 Å². The molecule has 1 saturated heterocycles. The van der Waals surface area contributed by atoms with E-state index in [1.165, 1.54) is 12.1 Å². The van der Waals surface area contributed by atoms with Crippen LogP contribution in [-0.4, -0.2) is 49.4 Å². The zero-order chi connectivity index (χ0) is 22.2. The van der Waals surface area contributed by atoms with Gasteiger partial charge in [0.25, 0.3) is 12.3 Å². The molecule has 0 radical (unpaired) electrons. The summed E-state index contributed by atoms with van der Waals surface area (Å²) in [4.78, 5) is 32.3. The van der Waals surface area contributed by atoms with E-state index >= 15 is 0 Å². The van der Waals surface area contributed by atoms with E-state index in [9.17, 15) is 13.6 Å². The number of carbonyl (C=O) groups excluding carboxylic acids is 1. The van der Waals surface area contributed by atoms with E-state index < -0.39 is 6.43 Å². The first-order valence-corrected chi connectivity index (χ1v) is 10.5. The SMILES string of the molecule is Cc1cnc(C(=O)N2C[C@H]3C[C@@H](Oc4ccc(C(F)F)cn4)[C@@H]2C3)c(-c2ncccn2)c1. The Morgan fingerprint density at radius 3 is 2.62 bits per heavy atom. The number of alkyl halides is 2. The molecule has 0 aromatic carbocycles. The second kappa shape index (κ2) is 8.22. The summed E-state index contributed by atoms with van der Waals surface area (Å²) in [7, 11) is 0. The molecule has 32 heavy (non-hydrogen) atoms. The zero-order valence-electron chi connectivity index (χ0n) is 17.4. The van der Waals surface area contributed by atoms with Crippen LogP contribution in [0.4, 0.5) is 8.78 Å². The third-order valence-corrected chi connectivity index (χ3v) is 6.00. The van der Waals surface area contributed by atoms with Crippen LogP contribution >= 0.6 is 0 Å².